The second kappa shape index (κ2) is 10.7. The van der Waals surface area contributed by atoms with Crippen LogP contribution in [0.1, 0.15) is 23.6 Å². The molecular formula is C26H22Cl4O2. The Morgan fingerprint density at radius 2 is 1.06 bits per heavy atom. The molecule has 0 saturated heterocycles. The van der Waals surface area contributed by atoms with Gasteiger partial charge in [0.05, 0.1) is 20.1 Å². The predicted octanol–water partition coefficient (Wildman–Crippen LogP) is 8.78. The van der Waals surface area contributed by atoms with Gasteiger partial charge in [-0.15, -0.1) is 0 Å². The Labute approximate surface area is 209 Å². The lowest BCUT2D eigenvalue weighted by Crippen LogP contribution is -2.25. The van der Waals surface area contributed by atoms with Crippen LogP contribution in [0.2, 0.25) is 20.1 Å². The van der Waals surface area contributed by atoms with Gasteiger partial charge in [0.15, 0.2) is 11.5 Å². The Bertz CT molecular complexity index is 1010. The first kappa shape index (κ1) is 24.5. The number of hydrogen-bond donors (Lipinski definition) is 0. The van der Waals surface area contributed by atoms with E-state index in [9.17, 15) is 0 Å². The summed E-state index contributed by atoms with van der Waals surface area (Å²) >= 11 is 26.3. The van der Waals surface area contributed by atoms with E-state index < -0.39 is 5.41 Å². The largest absolute Gasteiger partial charge is 0.486 e. The Morgan fingerprint density at radius 1 is 0.688 bits per heavy atom. The molecule has 166 valence electrons. The van der Waals surface area contributed by atoms with E-state index in [-0.39, 0.29) is 0 Å². The number of rotatable bonds is 9. The van der Waals surface area contributed by atoms with Gasteiger partial charge in [-0.3, -0.25) is 0 Å². The first-order valence-corrected chi connectivity index (χ1v) is 11.4. The molecule has 0 N–H and O–H groups in total. The van der Waals surface area contributed by atoms with Crippen molar-refractivity contribution in [2.75, 3.05) is 13.2 Å². The molecule has 0 fully saturated rings. The molecule has 0 unspecified atom stereocenters. The van der Waals surface area contributed by atoms with Gasteiger partial charge in [0.1, 0.15) is 13.2 Å². The third-order valence-electron chi connectivity index (χ3n) is 5.19. The number of halogens is 4. The minimum Gasteiger partial charge on any atom is -0.486 e. The van der Waals surface area contributed by atoms with Gasteiger partial charge in [-0.25, -0.2) is 0 Å². The summed E-state index contributed by atoms with van der Waals surface area (Å²) < 4.78 is 11.3. The van der Waals surface area contributed by atoms with Crippen molar-refractivity contribution >= 4 is 46.4 Å². The molecule has 0 saturated carbocycles. The van der Waals surface area contributed by atoms with Crippen LogP contribution < -0.4 is 9.47 Å². The molecule has 0 aliphatic rings. The highest BCUT2D eigenvalue weighted by atomic mass is 35.5. The maximum Gasteiger partial charge on any atom is 0.156 e. The normalized spacial score (nSPS) is 11.2. The number of ether oxygens (including phenoxy) is 2. The van der Waals surface area contributed by atoms with E-state index >= 15 is 0 Å². The summed E-state index contributed by atoms with van der Waals surface area (Å²) in [6.45, 7) is 9.99. The van der Waals surface area contributed by atoms with E-state index in [1.807, 2.05) is 54.6 Å². The molecule has 0 spiro atoms. The van der Waals surface area contributed by atoms with Crippen molar-refractivity contribution in [2.45, 2.75) is 12.3 Å². The van der Waals surface area contributed by atoms with Crippen molar-refractivity contribution in [3.63, 3.8) is 0 Å². The fourth-order valence-corrected chi connectivity index (χ4v) is 4.72. The summed E-state index contributed by atoms with van der Waals surface area (Å²) in [7, 11) is 0. The molecule has 0 bridgehead atoms. The third kappa shape index (κ3) is 4.94. The van der Waals surface area contributed by atoms with Crippen molar-refractivity contribution in [1.29, 1.82) is 0 Å². The van der Waals surface area contributed by atoms with Crippen LogP contribution in [0.3, 0.4) is 0 Å². The predicted molar refractivity (Wildman–Crippen MR) is 136 cm³/mol. The van der Waals surface area contributed by atoms with E-state index in [1.165, 1.54) is 0 Å². The SMILES string of the molecule is C=CCOc1c(Cl)cc(C(C)(c2ccccc2)c2cc(Cl)c(OCC=C)c(Cl)c2)cc1Cl. The standard InChI is InChI=1S/C26H22Cl4O2/c1-4-11-31-24-20(27)13-18(14-21(24)28)26(3,17-9-7-6-8-10-17)19-15-22(29)25(23(30)16-19)32-12-5-2/h4-10,13-16H,1-2,11-12H2,3H3. The first-order valence-electron chi connectivity index (χ1n) is 9.84. The molecule has 0 aliphatic carbocycles. The third-order valence-corrected chi connectivity index (χ3v) is 6.32. The van der Waals surface area contributed by atoms with Crippen LogP contribution in [0.4, 0.5) is 0 Å². The maximum absolute atomic E-state index is 6.57. The van der Waals surface area contributed by atoms with Crippen molar-refractivity contribution < 1.29 is 9.47 Å². The Morgan fingerprint density at radius 3 is 1.41 bits per heavy atom. The van der Waals surface area contributed by atoms with Crippen LogP contribution in [0.5, 0.6) is 11.5 Å². The number of benzene rings is 3. The van der Waals surface area contributed by atoms with Gasteiger partial charge in [0.25, 0.3) is 0 Å². The van der Waals surface area contributed by atoms with E-state index in [4.69, 9.17) is 55.9 Å². The fraction of sp³-hybridized carbons (Fsp3) is 0.154. The average Bonchev–Trinajstić information content (AvgIpc) is 2.78. The van der Waals surface area contributed by atoms with Gasteiger partial charge in [0.2, 0.25) is 0 Å². The van der Waals surface area contributed by atoms with Crippen molar-refractivity contribution in [3.8, 4) is 11.5 Å². The van der Waals surface area contributed by atoms with Crippen molar-refractivity contribution in [3.05, 3.63) is 117 Å². The minimum atomic E-state index is -0.671. The molecule has 3 aromatic rings. The zero-order valence-electron chi connectivity index (χ0n) is 17.5. The quantitative estimate of drug-likeness (QED) is 0.213. The van der Waals surface area contributed by atoms with Gasteiger partial charge in [0, 0.05) is 5.41 Å². The molecular weight excluding hydrogens is 486 g/mol. The highest BCUT2D eigenvalue weighted by Crippen LogP contribution is 2.47. The molecule has 0 aliphatic heterocycles. The highest BCUT2D eigenvalue weighted by Gasteiger charge is 2.34. The fourth-order valence-electron chi connectivity index (χ4n) is 3.53. The van der Waals surface area contributed by atoms with Crippen LogP contribution in [0.15, 0.2) is 79.9 Å². The van der Waals surface area contributed by atoms with Gasteiger partial charge < -0.3 is 9.47 Å². The van der Waals surface area contributed by atoms with Crippen molar-refractivity contribution in [2.24, 2.45) is 0 Å². The monoisotopic (exact) mass is 506 g/mol. The zero-order valence-corrected chi connectivity index (χ0v) is 20.5. The van der Waals surface area contributed by atoms with E-state index in [2.05, 4.69) is 20.1 Å². The topological polar surface area (TPSA) is 18.5 Å². The zero-order chi connectivity index (χ0) is 23.3. The molecule has 0 heterocycles. The van der Waals surface area contributed by atoms with Gasteiger partial charge in [-0.1, -0.05) is 102 Å². The lowest BCUT2D eigenvalue weighted by atomic mass is 9.71. The smallest absolute Gasteiger partial charge is 0.156 e. The summed E-state index contributed by atoms with van der Waals surface area (Å²) in [5, 5.41) is 1.61. The molecule has 3 rings (SSSR count). The molecule has 0 amide bonds. The number of hydrogen-bond acceptors (Lipinski definition) is 2. The first-order chi connectivity index (χ1) is 15.3. The second-order valence-corrected chi connectivity index (χ2v) is 8.86. The second-order valence-electron chi connectivity index (χ2n) is 7.23. The summed E-state index contributed by atoms with van der Waals surface area (Å²) in [5.74, 6) is 0.827. The summed E-state index contributed by atoms with van der Waals surface area (Å²) in [6.07, 6.45) is 3.27. The van der Waals surface area contributed by atoms with Gasteiger partial charge in [-0.05, 0) is 47.9 Å². The molecule has 32 heavy (non-hydrogen) atoms. The maximum atomic E-state index is 6.57. The summed E-state index contributed by atoms with van der Waals surface area (Å²) in [5.41, 5.74) is 2.06. The molecule has 0 atom stereocenters. The molecule has 0 radical (unpaired) electrons. The van der Waals surface area contributed by atoms with Crippen LogP contribution in [0, 0.1) is 0 Å². The van der Waals surface area contributed by atoms with E-state index in [1.54, 1.807) is 12.2 Å². The van der Waals surface area contributed by atoms with E-state index in [0.29, 0.717) is 44.8 Å². The summed E-state index contributed by atoms with van der Waals surface area (Å²) in [6, 6.07) is 17.4. The van der Waals surface area contributed by atoms with Gasteiger partial charge >= 0.3 is 0 Å². The lowest BCUT2D eigenvalue weighted by molar-refractivity contribution is 0.363. The summed E-state index contributed by atoms with van der Waals surface area (Å²) in [4.78, 5) is 0. The van der Waals surface area contributed by atoms with Crippen LogP contribution in [-0.2, 0) is 5.41 Å². The molecule has 6 heteroatoms. The Hall–Kier alpha value is -2.10. The Balaban J connectivity index is 2.22. The van der Waals surface area contributed by atoms with Crippen LogP contribution >= 0.6 is 46.4 Å². The minimum absolute atomic E-state index is 0.298. The van der Waals surface area contributed by atoms with Crippen LogP contribution in [-0.4, -0.2) is 13.2 Å². The highest BCUT2D eigenvalue weighted by molar-refractivity contribution is 6.38. The Kier molecular flexibility index (Phi) is 8.19. The average molecular weight is 508 g/mol. The molecule has 2 nitrogen and oxygen atoms in total. The lowest BCUT2D eigenvalue weighted by Gasteiger charge is -2.33. The van der Waals surface area contributed by atoms with Crippen LogP contribution in [0.25, 0.3) is 0 Å². The van der Waals surface area contributed by atoms with E-state index in [0.717, 1.165) is 16.7 Å². The van der Waals surface area contributed by atoms with Gasteiger partial charge in [-0.2, -0.15) is 0 Å². The molecule has 0 aromatic heterocycles. The molecule has 3 aromatic carbocycles. The van der Waals surface area contributed by atoms with Crippen molar-refractivity contribution in [1.82, 2.24) is 0 Å².